The Balaban J connectivity index is 1.71. The molecule has 0 unspecified atom stereocenters. The lowest BCUT2D eigenvalue weighted by Crippen LogP contribution is -2.35. The van der Waals surface area contributed by atoms with Crippen LogP contribution in [0.25, 0.3) is 0 Å². The highest BCUT2D eigenvalue weighted by Gasteiger charge is 2.33. The number of hydrogen-bond acceptors (Lipinski definition) is 7. The average molecular weight is 383 g/mol. The van der Waals surface area contributed by atoms with Crippen LogP contribution in [0.4, 0.5) is 5.69 Å². The van der Waals surface area contributed by atoms with Crippen LogP contribution in [-0.2, 0) is 19.6 Å². The first-order chi connectivity index (χ1) is 11.7. The normalized spacial score (nSPS) is 17.6. The first-order valence-corrected chi connectivity index (χ1v) is 10.1. The van der Waals surface area contributed by atoms with Crippen LogP contribution in [0.5, 0.6) is 0 Å². The summed E-state index contributed by atoms with van der Waals surface area (Å²) in [5.74, 6) is -1.01. The summed E-state index contributed by atoms with van der Waals surface area (Å²) in [6, 6.07) is 4.91. The number of hydrogen-bond donors (Lipinski definition) is 1. The van der Waals surface area contributed by atoms with Crippen molar-refractivity contribution >= 4 is 44.5 Å². The van der Waals surface area contributed by atoms with Crippen LogP contribution in [0, 0.1) is 0 Å². The first kappa shape index (κ1) is 17.7. The fraction of sp³-hybridized carbons (Fsp3) is 0.400. The van der Waals surface area contributed by atoms with Crippen molar-refractivity contribution < 1.29 is 22.7 Å². The number of amidine groups is 1. The lowest BCUT2D eigenvalue weighted by Gasteiger charge is -2.22. The molecule has 0 bridgehead atoms. The maximum atomic E-state index is 12.1. The number of sulfonamides is 1. The van der Waals surface area contributed by atoms with E-state index in [4.69, 9.17) is 4.74 Å². The van der Waals surface area contributed by atoms with Gasteiger partial charge in [-0.25, -0.2) is 13.2 Å². The third-order valence-corrected chi connectivity index (χ3v) is 5.80. The van der Waals surface area contributed by atoms with E-state index in [1.165, 1.54) is 11.8 Å². The number of ether oxygens (including phenoxy) is 1. The summed E-state index contributed by atoms with van der Waals surface area (Å²) in [5, 5.41) is 3.02. The van der Waals surface area contributed by atoms with Crippen LogP contribution in [0.3, 0.4) is 0 Å². The summed E-state index contributed by atoms with van der Waals surface area (Å²) in [6.07, 6.45) is 0. The Bertz CT molecular complexity index is 864. The molecule has 1 aromatic rings. The topological polar surface area (TPSA) is 105 Å². The third kappa shape index (κ3) is 3.96. The van der Waals surface area contributed by atoms with Gasteiger partial charge in [-0.1, -0.05) is 0 Å². The van der Waals surface area contributed by atoms with E-state index in [-0.39, 0.29) is 24.3 Å². The summed E-state index contributed by atoms with van der Waals surface area (Å²) in [5.41, 5.74) is 1.11. The lowest BCUT2D eigenvalue weighted by atomic mass is 10.2. The molecule has 0 atom stereocenters. The molecule has 0 radical (unpaired) electrons. The molecule has 3 rings (SSSR count). The van der Waals surface area contributed by atoms with E-state index < -0.39 is 16.0 Å². The summed E-state index contributed by atoms with van der Waals surface area (Å²) in [6.45, 7) is 3.61. The quantitative estimate of drug-likeness (QED) is 0.773. The summed E-state index contributed by atoms with van der Waals surface area (Å²) in [4.78, 5) is 26.2. The van der Waals surface area contributed by atoms with Gasteiger partial charge in [0.2, 0.25) is 0 Å². The zero-order valence-electron chi connectivity index (χ0n) is 13.7. The number of esters is 1. The maximum Gasteiger partial charge on any atom is 0.338 e. The number of thioether (sulfide) groups is 1. The number of anilines is 1. The molecule has 134 valence electrons. The molecule has 0 aromatic heterocycles. The molecule has 2 heterocycles. The summed E-state index contributed by atoms with van der Waals surface area (Å²) < 4.78 is 32.0. The van der Waals surface area contributed by atoms with Crippen molar-refractivity contribution in [3.8, 4) is 0 Å². The van der Waals surface area contributed by atoms with Crippen molar-refractivity contribution in [1.82, 2.24) is 5.32 Å². The molecule has 2 aliphatic rings. The predicted molar refractivity (Wildman–Crippen MR) is 94.4 cm³/mol. The second kappa shape index (κ2) is 6.68. The molecular formula is C15H17N3O5S2. The van der Waals surface area contributed by atoms with Crippen LogP contribution in [0.2, 0.25) is 0 Å². The molecule has 0 spiro atoms. The summed E-state index contributed by atoms with van der Waals surface area (Å²) >= 11 is 1.20. The Hall–Kier alpha value is -2.07. The minimum Gasteiger partial charge on any atom is -0.452 e. The van der Waals surface area contributed by atoms with Crippen LogP contribution < -0.4 is 10.2 Å². The number of rotatable bonds is 4. The van der Waals surface area contributed by atoms with Crippen molar-refractivity contribution in [2.75, 3.05) is 23.8 Å². The van der Waals surface area contributed by atoms with E-state index in [1.807, 2.05) is 18.7 Å². The van der Waals surface area contributed by atoms with Gasteiger partial charge in [-0.3, -0.25) is 4.79 Å². The summed E-state index contributed by atoms with van der Waals surface area (Å²) in [7, 11) is -3.42. The van der Waals surface area contributed by atoms with Gasteiger partial charge < -0.3 is 15.0 Å². The molecule has 0 saturated heterocycles. The standard InChI is InChI=1S/C15H17N3O5S2/c1-9(2)16-13(19)8-23-14(20)10-3-4-11-12(7-10)24-15-17-25(21,22)6-5-18(11)15/h3-4,7,9H,5-6,8H2,1-2H3,(H,16,19). The fourth-order valence-corrected chi connectivity index (χ4v) is 4.73. The Kier molecular flexibility index (Phi) is 4.74. The third-order valence-electron chi connectivity index (χ3n) is 3.49. The van der Waals surface area contributed by atoms with Gasteiger partial charge >= 0.3 is 5.97 Å². The molecule has 0 fully saturated rings. The Morgan fingerprint density at radius 3 is 2.88 bits per heavy atom. The van der Waals surface area contributed by atoms with E-state index in [1.54, 1.807) is 18.2 Å². The number of fused-ring (bicyclic) bond motifs is 3. The van der Waals surface area contributed by atoms with Crippen molar-refractivity contribution in [2.45, 2.75) is 24.8 Å². The number of nitrogens with zero attached hydrogens (tertiary/aromatic N) is 2. The van der Waals surface area contributed by atoms with Crippen LogP contribution in [0.15, 0.2) is 27.5 Å². The van der Waals surface area contributed by atoms with Crippen molar-refractivity contribution in [2.24, 2.45) is 4.40 Å². The molecule has 25 heavy (non-hydrogen) atoms. The van der Waals surface area contributed by atoms with Gasteiger partial charge in [0.1, 0.15) is 0 Å². The highest BCUT2D eigenvalue weighted by Crippen LogP contribution is 2.42. The first-order valence-electron chi connectivity index (χ1n) is 7.64. The zero-order valence-corrected chi connectivity index (χ0v) is 15.3. The molecule has 2 aliphatic heterocycles. The van der Waals surface area contributed by atoms with Crippen molar-refractivity contribution in [3.63, 3.8) is 0 Å². The van der Waals surface area contributed by atoms with Crippen LogP contribution in [-0.4, -0.2) is 50.4 Å². The molecule has 1 aromatic carbocycles. The van der Waals surface area contributed by atoms with Crippen LogP contribution in [0.1, 0.15) is 24.2 Å². The number of amides is 1. The van der Waals surface area contributed by atoms with Gasteiger partial charge in [-0.05, 0) is 43.8 Å². The van der Waals surface area contributed by atoms with Gasteiger partial charge in [0.05, 0.1) is 17.0 Å². The Morgan fingerprint density at radius 1 is 1.40 bits per heavy atom. The molecular weight excluding hydrogens is 366 g/mol. The molecule has 0 aliphatic carbocycles. The van der Waals surface area contributed by atoms with Gasteiger partial charge in [-0.2, -0.15) is 0 Å². The Morgan fingerprint density at radius 2 is 2.16 bits per heavy atom. The van der Waals surface area contributed by atoms with E-state index in [0.717, 1.165) is 10.6 Å². The highest BCUT2D eigenvalue weighted by molar-refractivity contribution is 8.15. The van der Waals surface area contributed by atoms with Gasteiger partial charge in [-0.15, -0.1) is 4.40 Å². The molecule has 1 N–H and O–H groups in total. The minimum absolute atomic E-state index is 0.0305. The Labute approximate surface area is 149 Å². The SMILES string of the molecule is CC(C)NC(=O)COC(=O)c1ccc2c(c1)SC1=NS(=O)(=O)CCN12. The van der Waals surface area contributed by atoms with Crippen LogP contribution >= 0.6 is 11.8 Å². The molecule has 1 amide bonds. The van der Waals surface area contributed by atoms with Crippen molar-refractivity contribution in [1.29, 1.82) is 0 Å². The monoisotopic (exact) mass is 383 g/mol. The van der Waals surface area contributed by atoms with E-state index >= 15 is 0 Å². The van der Waals surface area contributed by atoms with E-state index in [0.29, 0.717) is 17.3 Å². The molecule has 10 heteroatoms. The van der Waals surface area contributed by atoms with Gasteiger partial charge in [0, 0.05) is 17.5 Å². The van der Waals surface area contributed by atoms with E-state index in [9.17, 15) is 18.0 Å². The number of carbonyl (C=O) groups is 2. The molecule has 0 saturated carbocycles. The zero-order chi connectivity index (χ0) is 18.2. The maximum absolute atomic E-state index is 12.1. The van der Waals surface area contributed by atoms with Gasteiger partial charge in [0.15, 0.2) is 11.8 Å². The smallest absolute Gasteiger partial charge is 0.338 e. The fourth-order valence-electron chi connectivity index (χ4n) is 2.44. The van der Waals surface area contributed by atoms with E-state index in [2.05, 4.69) is 9.71 Å². The highest BCUT2D eigenvalue weighted by atomic mass is 32.2. The number of benzene rings is 1. The average Bonchev–Trinajstić information content (AvgIpc) is 2.86. The minimum atomic E-state index is -3.42. The predicted octanol–water partition coefficient (Wildman–Crippen LogP) is 0.979. The largest absolute Gasteiger partial charge is 0.452 e. The van der Waals surface area contributed by atoms with Crippen molar-refractivity contribution in [3.05, 3.63) is 23.8 Å². The molecule has 8 nitrogen and oxygen atoms in total. The second-order valence-electron chi connectivity index (χ2n) is 5.89. The number of carbonyl (C=O) groups excluding carboxylic acids is 2. The number of nitrogens with one attached hydrogen (secondary N) is 1. The van der Waals surface area contributed by atoms with Gasteiger partial charge in [0.25, 0.3) is 15.9 Å². The second-order valence-corrected chi connectivity index (χ2v) is 8.66. The lowest BCUT2D eigenvalue weighted by molar-refractivity contribution is -0.124.